The molecule has 0 aromatic rings. The molecule has 0 aliphatic heterocycles. The van der Waals surface area contributed by atoms with E-state index in [4.69, 9.17) is 5.11 Å². The van der Waals surface area contributed by atoms with Crippen LogP contribution in [0.5, 0.6) is 0 Å². The molecule has 0 fully saturated rings. The van der Waals surface area contributed by atoms with Gasteiger partial charge in [-0.15, -0.1) is 0 Å². The summed E-state index contributed by atoms with van der Waals surface area (Å²) in [7, 11) is 0. The van der Waals surface area contributed by atoms with Gasteiger partial charge in [-0.3, -0.25) is 4.79 Å². The quantitative estimate of drug-likeness (QED) is 0.623. The smallest absolute Gasteiger partial charge is 0.232 e. The Morgan fingerprint density at radius 2 is 2.00 bits per heavy atom. The number of carbonyl (C=O) groups excluding carboxylic acids is 1. The van der Waals surface area contributed by atoms with Crippen LogP contribution in [0.15, 0.2) is 0 Å². The SMILES string of the molecule is CC(S)C(=O)NC(CCO)C(C)(C)C. The topological polar surface area (TPSA) is 49.3 Å². The average molecular weight is 219 g/mol. The lowest BCUT2D eigenvalue weighted by Crippen LogP contribution is -2.46. The van der Waals surface area contributed by atoms with Gasteiger partial charge in [0.1, 0.15) is 0 Å². The van der Waals surface area contributed by atoms with Gasteiger partial charge in [-0.05, 0) is 18.8 Å². The zero-order valence-electron chi connectivity index (χ0n) is 9.37. The number of aliphatic hydroxyl groups is 1. The van der Waals surface area contributed by atoms with E-state index in [0.29, 0.717) is 6.42 Å². The molecule has 0 rings (SSSR count). The number of hydrogen-bond acceptors (Lipinski definition) is 3. The molecule has 0 saturated heterocycles. The highest BCUT2D eigenvalue weighted by Gasteiger charge is 2.26. The molecule has 0 aromatic carbocycles. The zero-order valence-corrected chi connectivity index (χ0v) is 10.3. The van der Waals surface area contributed by atoms with Crippen molar-refractivity contribution < 1.29 is 9.90 Å². The molecular formula is C10H21NO2S. The predicted octanol–water partition coefficient (Wildman–Crippen LogP) is 1.22. The first-order valence-corrected chi connectivity index (χ1v) is 5.40. The van der Waals surface area contributed by atoms with E-state index in [2.05, 4.69) is 17.9 Å². The Hall–Kier alpha value is -0.220. The number of amides is 1. The van der Waals surface area contributed by atoms with Gasteiger partial charge in [0, 0.05) is 12.6 Å². The van der Waals surface area contributed by atoms with Crippen molar-refractivity contribution in [2.45, 2.75) is 45.4 Å². The minimum Gasteiger partial charge on any atom is -0.396 e. The first-order valence-electron chi connectivity index (χ1n) is 4.88. The molecule has 0 aliphatic rings. The molecule has 0 radical (unpaired) electrons. The molecule has 0 saturated carbocycles. The van der Waals surface area contributed by atoms with E-state index < -0.39 is 0 Å². The van der Waals surface area contributed by atoms with E-state index in [1.165, 1.54) is 0 Å². The van der Waals surface area contributed by atoms with Crippen molar-refractivity contribution in [3.05, 3.63) is 0 Å². The second-order valence-corrected chi connectivity index (χ2v) is 5.39. The van der Waals surface area contributed by atoms with Gasteiger partial charge < -0.3 is 10.4 Å². The minimum absolute atomic E-state index is 0.00500. The summed E-state index contributed by atoms with van der Waals surface area (Å²) in [6.45, 7) is 7.94. The number of aliphatic hydroxyl groups excluding tert-OH is 1. The van der Waals surface area contributed by atoms with Gasteiger partial charge in [-0.25, -0.2) is 0 Å². The number of nitrogens with one attached hydrogen (secondary N) is 1. The lowest BCUT2D eigenvalue weighted by atomic mass is 9.85. The summed E-state index contributed by atoms with van der Waals surface area (Å²) in [6.07, 6.45) is 0.579. The number of carbonyl (C=O) groups is 1. The fourth-order valence-electron chi connectivity index (χ4n) is 1.14. The van der Waals surface area contributed by atoms with Gasteiger partial charge in [0.25, 0.3) is 0 Å². The standard InChI is InChI=1S/C10H21NO2S/c1-7(14)9(13)11-8(5-6-12)10(2,3)4/h7-8,12,14H,5-6H2,1-4H3,(H,11,13). The van der Waals surface area contributed by atoms with Crippen LogP contribution >= 0.6 is 12.6 Å². The number of thiol groups is 1. The normalized spacial score (nSPS) is 16.1. The largest absolute Gasteiger partial charge is 0.396 e. The maximum absolute atomic E-state index is 11.4. The van der Waals surface area contributed by atoms with Crippen molar-refractivity contribution in [2.24, 2.45) is 5.41 Å². The molecule has 4 heteroatoms. The molecule has 2 N–H and O–H groups in total. The van der Waals surface area contributed by atoms with Gasteiger partial charge in [-0.2, -0.15) is 12.6 Å². The van der Waals surface area contributed by atoms with Crippen LogP contribution < -0.4 is 5.32 Å². The monoisotopic (exact) mass is 219 g/mol. The van der Waals surface area contributed by atoms with Crippen molar-refractivity contribution >= 4 is 18.5 Å². The molecule has 0 aromatic heterocycles. The molecule has 1 amide bonds. The van der Waals surface area contributed by atoms with Crippen molar-refractivity contribution in [1.82, 2.24) is 5.32 Å². The second kappa shape index (κ2) is 5.61. The third kappa shape index (κ3) is 4.86. The van der Waals surface area contributed by atoms with E-state index in [1.807, 2.05) is 20.8 Å². The van der Waals surface area contributed by atoms with Gasteiger partial charge >= 0.3 is 0 Å². The first kappa shape index (κ1) is 13.8. The Morgan fingerprint density at radius 3 is 2.29 bits per heavy atom. The predicted molar refractivity (Wildman–Crippen MR) is 61.5 cm³/mol. The highest BCUT2D eigenvalue weighted by atomic mass is 32.1. The van der Waals surface area contributed by atoms with Crippen LogP contribution in [0.1, 0.15) is 34.1 Å². The fraction of sp³-hybridized carbons (Fsp3) is 0.900. The van der Waals surface area contributed by atoms with E-state index in [0.717, 1.165) is 0 Å². The lowest BCUT2D eigenvalue weighted by molar-refractivity contribution is -0.121. The average Bonchev–Trinajstić information content (AvgIpc) is 2.01. The Kier molecular flexibility index (Phi) is 5.52. The highest BCUT2D eigenvalue weighted by molar-refractivity contribution is 7.81. The maximum Gasteiger partial charge on any atom is 0.232 e. The van der Waals surface area contributed by atoms with Crippen LogP contribution in [0, 0.1) is 5.41 Å². The maximum atomic E-state index is 11.4. The molecule has 2 atom stereocenters. The number of hydrogen-bond donors (Lipinski definition) is 3. The van der Waals surface area contributed by atoms with Gasteiger partial charge in [0.15, 0.2) is 0 Å². The second-order valence-electron chi connectivity index (χ2n) is 4.62. The molecule has 0 heterocycles. The molecule has 0 bridgehead atoms. The Balaban J connectivity index is 4.31. The molecule has 2 unspecified atom stereocenters. The van der Waals surface area contributed by atoms with E-state index in [-0.39, 0.29) is 29.2 Å². The van der Waals surface area contributed by atoms with E-state index >= 15 is 0 Å². The van der Waals surface area contributed by atoms with Crippen LogP contribution in [-0.4, -0.2) is 28.9 Å². The zero-order chi connectivity index (χ0) is 11.4. The lowest BCUT2D eigenvalue weighted by Gasteiger charge is -2.31. The fourth-order valence-corrected chi connectivity index (χ4v) is 1.22. The van der Waals surface area contributed by atoms with E-state index in [9.17, 15) is 4.79 Å². The summed E-state index contributed by atoms with van der Waals surface area (Å²) < 4.78 is 0. The third-order valence-electron chi connectivity index (χ3n) is 2.16. The Bertz CT molecular complexity index is 187. The third-order valence-corrected chi connectivity index (χ3v) is 2.39. The van der Waals surface area contributed by atoms with Crippen molar-refractivity contribution in [3.63, 3.8) is 0 Å². The van der Waals surface area contributed by atoms with Crippen molar-refractivity contribution in [3.8, 4) is 0 Å². The van der Waals surface area contributed by atoms with Crippen molar-refractivity contribution in [2.75, 3.05) is 6.61 Å². The van der Waals surface area contributed by atoms with Crippen LogP contribution in [-0.2, 0) is 4.79 Å². The number of rotatable bonds is 4. The summed E-state index contributed by atoms with van der Waals surface area (Å²) in [5.41, 5.74) is -0.0406. The minimum atomic E-state index is -0.307. The summed E-state index contributed by atoms with van der Waals surface area (Å²) >= 11 is 4.06. The molecule has 84 valence electrons. The highest BCUT2D eigenvalue weighted by Crippen LogP contribution is 2.21. The molecular weight excluding hydrogens is 198 g/mol. The van der Waals surface area contributed by atoms with Crippen molar-refractivity contribution in [1.29, 1.82) is 0 Å². The first-order chi connectivity index (χ1) is 6.29. The summed E-state index contributed by atoms with van der Waals surface area (Å²) in [6, 6.07) is -0.00500. The Morgan fingerprint density at radius 1 is 1.50 bits per heavy atom. The van der Waals surface area contributed by atoms with Gasteiger partial charge in [0.05, 0.1) is 5.25 Å². The molecule has 14 heavy (non-hydrogen) atoms. The van der Waals surface area contributed by atoms with E-state index in [1.54, 1.807) is 6.92 Å². The molecule has 0 spiro atoms. The summed E-state index contributed by atoms with van der Waals surface area (Å²) in [5.74, 6) is -0.0818. The van der Waals surface area contributed by atoms with Gasteiger partial charge in [-0.1, -0.05) is 20.8 Å². The van der Waals surface area contributed by atoms with Crippen LogP contribution in [0.4, 0.5) is 0 Å². The van der Waals surface area contributed by atoms with Crippen LogP contribution in [0.2, 0.25) is 0 Å². The Labute approximate surface area is 91.7 Å². The summed E-state index contributed by atoms with van der Waals surface area (Å²) in [4.78, 5) is 11.4. The molecule has 0 aliphatic carbocycles. The van der Waals surface area contributed by atoms with Gasteiger partial charge in [0.2, 0.25) is 5.91 Å². The van der Waals surface area contributed by atoms with Crippen LogP contribution in [0.3, 0.4) is 0 Å². The summed E-state index contributed by atoms with van der Waals surface area (Å²) in [5, 5.41) is 11.5. The molecule has 3 nitrogen and oxygen atoms in total. The van der Waals surface area contributed by atoms with Crippen LogP contribution in [0.25, 0.3) is 0 Å².